The van der Waals surface area contributed by atoms with Gasteiger partial charge in [0.25, 0.3) is 11.1 Å². The highest BCUT2D eigenvalue weighted by Crippen LogP contribution is 2.28. The lowest BCUT2D eigenvalue weighted by Crippen LogP contribution is -2.28. The van der Waals surface area contributed by atoms with Crippen molar-refractivity contribution in [2.75, 3.05) is 0 Å². The molecule has 0 saturated heterocycles. The molecular weight excluding hydrogens is 356 g/mol. The molecule has 0 aliphatic heterocycles. The van der Waals surface area contributed by atoms with E-state index in [4.69, 9.17) is 5.11 Å². The number of carbonyl (C=O) groups is 1. The highest BCUT2D eigenvalue weighted by molar-refractivity contribution is 5.81. The van der Waals surface area contributed by atoms with Gasteiger partial charge >= 0.3 is 5.97 Å². The standard InChI is InChI=1S/C22H16N2O4/c25-18-8-4-7-17-23-21(16-5-2-1-3-6-16)20(22(28)24(17)18)15-11-9-14(10-12-15)13-19(26)27/h1-12,23H,13H2,(H,26,27). The minimum Gasteiger partial charge on any atom is -0.481 e. The second-order valence-electron chi connectivity index (χ2n) is 6.40. The predicted octanol–water partition coefficient (Wildman–Crippen LogP) is 2.95. The van der Waals surface area contributed by atoms with Gasteiger partial charge in [0, 0.05) is 6.07 Å². The van der Waals surface area contributed by atoms with Crippen LogP contribution < -0.4 is 11.1 Å². The second kappa shape index (κ2) is 7.00. The van der Waals surface area contributed by atoms with Crippen LogP contribution in [0.4, 0.5) is 0 Å². The lowest BCUT2D eigenvalue weighted by molar-refractivity contribution is -0.136. The van der Waals surface area contributed by atoms with Gasteiger partial charge in [-0.15, -0.1) is 0 Å². The molecule has 6 heteroatoms. The molecule has 0 radical (unpaired) electrons. The fourth-order valence-corrected chi connectivity index (χ4v) is 3.26. The summed E-state index contributed by atoms with van der Waals surface area (Å²) < 4.78 is 1.10. The van der Waals surface area contributed by atoms with Crippen LogP contribution >= 0.6 is 0 Å². The number of aromatic nitrogens is 2. The summed E-state index contributed by atoms with van der Waals surface area (Å²) in [7, 11) is 0. The third kappa shape index (κ3) is 3.12. The van der Waals surface area contributed by atoms with Gasteiger partial charge in [0.2, 0.25) is 0 Å². The maximum atomic E-state index is 13.3. The average molecular weight is 372 g/mol. The number of rotatable bonds is 4. The fourth-order valence-electron chi connectivity index (χ4n) is 3.26. The lowest BCUT2D eigenvalue weighted by Gasteiger charge is -2.13. The van der Waals surface area contributed by atoms with E-state index in [1.165, 1.54) is 6.07 Å². The van der Waals surface area contributed by atoms with E-state index < -0.39 is 17.1 Å². The SMILES string of the molecule is O=C(O)Cc1ccc(-c2c(-c3ccccc3)[nH]c3cccc(=O)n3c2=O)cc1. The van der Waals surface area contributed by atoms with E-state index in [2.05, 4.69) is 4.98 Å². The molecule has 0 aliphatic rings. The highest BCUT2D eigenvalue weighted by Gasteiger charge is 2.16. The molecule has 0 atom stereocenters. The van der Waals surface area contributed by atoms with E-state index in [9.17, 15) is 14.4 Å². The topological polar surface area (TPSA) is 91.6 Å². The summed E-state index contributed by atoms with van der Waals surface area (Å²) in [5.74, 6) is -0.923. The molecule has 2 aromatic carbocycles. The Kier molecular flexibility index (Phi) is 4.37. The first-order valence-corrected chi connectivity index (χ1v) is 8.69. The van der Waals surface area contributed by atoms with Crippen LogP contribution in [0, 0.1) is 0 Å². The summed E-state index contributed by atoms with van der Waals surface area (Å²) in [6, 6.07) is 20.8. The number of aliphatic carboxylic acids is 1. The molecule has 6 nitrogen and oxygen atoms in total. The molecule has 0 amide bonds. The Morgan fingerprint density at radius 3 is 2.25 bits per heavy atom. The summed E-state index contributed by atoms with van der Waals surface area (Å²) >= 11 is 0. The van der Waals surface area contributed by atoms with Crippen molar-refractivity contribution in [3.63, 3.8) is 0 Å². The van der Waals surface area contributed by atoms with Crippen molar-refractivity contribution >= 4 is 11.6 Å². The number of carboxylic acid groups (broad SMARTS) is 1. The van der Waals surface area contributed by atoms with Gasteiger partial charge in [-0.1, -0.05) is 60.7 Å². The molecule has 2 aromatic heterocycles. The molecule has 138 valence electrons. The zero-order valence-electron chi connectivity index (χ0n) is 14.8. The number of pyridine rings is 1. The molecule has 2 N–H and O–H groups in total. The maximum Gasteiger partial charge on any atom is 0.307 e. The molecule has 0 spiro atoms. The van der Waals surface area contributed by atoms with Gasteiger partial charge in [-0.25, -0.2) is 4.40 Å². The van der Waals surface area contributed by atoms with Gasteiger partial charge < -0.3 is 10.1 Å². The molecule has 0 saturated carbocycles. The Hall–Kier alpha value is -3.93. The van der Waals surface area contributed by atoms with Gasteiger partial charge in [-0.2, -0.15) is 0 Å². The Balaban J connectivity index is 2.02. The maximum absolute atomic E-state index is 13.3. The van der Waals surface area contributed by atoms with Crippen molar-refractivity contribution in [2.24, 2.45) is 0 Å². The molecule has 4 rings (SSSR count). The number of fused-ring (bicyclic) bond motifs is 1. The van der Waals surface area contributed by atoms with Crippen molar-refractivity contribution in [3.05, 3.63) is 99.1 Å². The van der Waals surface area contributed by atoms with Gasteiger partial charge in [0.15, 0.2) is 0 Å². The van der Waals surface area contributed by atoms with E-state index in [0.29, 0.717) is 28.0 Å². The van der Waals surface area contributed by atoms with Crippen LogP contribution in [0.15, 0.2) is 82.4 Å². The largest absolute Gasteiger partial charge is 0.481 e. The quantitative estimate of drug-likeness (QED) is 0.576. The monoisotopic (exact) mass is 372 g/mol. The van der Waals surface area contributed by atoms with Crippen LogP contribution in [0.1, 0.15) is 5.56 Å². The molecule has 0 fully saturated rings. The summed E-state index contributed by atoms with van der Waals surface area (Å²) in [5, 5.41) is 8.95. The van der Waals surface area contributed by atoms with E-state index in [1.54, 1.807) is 36.4 Å². The number of carboxylic acids is 1. The third-order valence-electron chi connectivity index (χ3n) is 4.53. The normalized spacial score (nSPS) is 10.9. The fraction of sp³-hybridized carbons (Fsp3) is 0.0455. The molecule has 2 heterocycles. The van der Waals surface area contributed by atoms with Crippen LogP contribution in [-0.4, -0.2) is 20.5 Å². The molecule has 28 heavy (non-hydrogen) atoms. The van der Waals surface area contributed by atoms with Crippen molar-refractivity contribution in [2.45, 2.75) is 6.42 Å². The molecule has 4 aromatic rings. The average Bonchev–Trinajstić information content (AvgIpc) is 2.69. The first-order valence-electron chi connectivity index (χ1n) is 8.69. The number of benzene rings is 2. The number of hydrogen-bond acceptors (Lipinski definition) is 3. The zero-order valence-corrected chi connectivity index (χ0v) is 14.8. The number of aromatic amines is 1. The van der Waals surface area contributed by atoms with Crippen molar-refractivity contribution in [1.82, 2.24) is 9.38 Å². The molecule has 0 aliphatic carbocycles. The predicted molar refractivity (Wildman–Crippen MR) is 106 cm³/mol. The minimum absolute atomic E-state index is 0.0979. The van der Waals surface area contributed by atoms with E-state index in [-0.39, 0.29) is 6.42 Å². The molecule has 0 unspecified atom stereocenters. The Morgan fingerprint density at radius 1 is 0.857 bits per heavy atom. The van der Waals surface area contributed by atoms with Crippen molar-refractivity contribution < 1.29 is 9.90 Å². The summed E-state index contributed by atoms with van der Waals surface area (Å²) in [5.41, 5.74) is 2.56. The first-order chi connectivity index (χ1) is 13.5. The van der Waals surface area contributed by atoms with Gasteiger partial charge in [-0.05, 0) is 22.8 Å². The van der Waals surface area contributed by atoms with Crippen LogP contribution in [0.25, 0.3) is 28.0 Å². The van der Waals surface area contributed by atoms with E-state index >= 15 is 0 Å². The van der Waals surface area contributed by atoms with E-state index in [1.807, 2.05) is 30.3 Å². The first kappa shape index (κ1) is 17.5. The Bertz CT molecular complexity index is 1290. The molecular formula is C22H16N2O4. The van der Waals surface area contributed by atoms with Gasteiger partial charge in [-0.3, -0.25) is 14.4 Å². The van der Waals surface area contributed by atoms with Gasteiger partial charge in [0.05, 0.1) is 17.7 Å². The molecule has 0 bridgehead atoms. The van der Waals surface area contributed by atoms with Crippen molar-refractivity contribution in [1.29, 1.82) is 0 Å². The Morgan fingerprint density at radius 2 is 1.57 bits per heavy atom. The summed E-state index contributed by atoms with van der Waals surface area (Å²) in [6.07, 6.45) is -0.0979. The van der Waals surface area contributed by atoms with Crippen LogP contribution in [0.3, 0.4) is 0 Å². The highest BCUT2D eigenvalue weighted by atomic mass is 16.4. The van der Waals surface area contributed by atoms with Crippen LogP contribution in [0.2, 0.25) is 0 Å². The number of nitrogens with zero attached hydrogens (tertiary/aromatic N) is 1. The Labute approximate surface area is 159 Å². The van der Waals surface area contributed by atoms with Crippen LogP contribution in [0.5, 0.6) is 0 Å². The van der Waals surface area contributed by atoms with Crippen LogP contribution in [-0.2, 0) is 11.2 Å². The van der Waals surface area contributed by atoms with E-state index in [0.717, 1.165) is 9.96 Å². The lowest BCUT2D eigenvalue weighted by atomic mass is 9.98. The van der Waals surface area contributed by atoms with Gasteiger partial charge in [0.1, 0.15) is 5.65 Å². The summed E-state index contributed by atoms with van der Waals surface area (Å²) in [4.78, 5) is 39.7. The second-order valence-corrected chi connectivity index (χ2v) is 6.40. The number of nitrogens with one attached hydrogen (secondary N) is 1. The number of hydrogen-bond donors (Lipinski definition) is 2. The number of H-pyrrole nitrogens is 1. The minimum atomic E-state index is -0.923. The van der Waals surface area contributed by atoms with Crippen molar-refractivity contribution in [3.8, 4) is 22.4 Å². The third-order valence-corrected chi connectivity index (χ3v) is 4.53. The zero-order chi connectivity index (χ0) is 19.7. The summed E-state index contributed by atoms with van der Waals surface area (Å²) in [6.45, 7) is 0. The smallest absolute Gasteiger partial charge is 0.307 e.